The van der Waals surface area contributed by atoms with E-state index in [2.05, 4.69) is 33.0 Å². The van der Waals surface area contributed by atoms with Crippen molar-refractivity contribution in [3.63, 3.8) is 0 Å². The van der Waals surface area contributed by atoms with Crippen LogP contribution in [0.5, 0.6) is 0 Å². The summed E-state index contributed by atoms with van der Waals surface area (Å²) in [5.74, 6) is -0.436. The van der Waals surface area contributed by atoms with Gasteiger partial charge in [0, 0.05) is 12.0 Å². The third-order valence-electron chi connectivity index (χ3n) is 3.78. The maximum Gasteiger partial charge on any atom is 0.303 e. The molecule has 3 nitrogen and oxygen atoms in total. The molecule has 2 atom stereocenters. The topological polar surface area (TPSA) is 49.3 Å². The van der Waals surface area contributed by atoms with Crippen LogP contribution in [0.3, 0.4) is 0 Å². The van der Waals surface area contributed by atoms with Crippen LogP contribution in [0, 0.1) is 11.3 Å². The lowest BCUT2D eigenvalue weighted by molar-refractivity contribution is -0.138. The molecule has 0 aromatic carbocycles. The Kier molecular flexibility index (Phi) is 2.91. The molecule has 14 heavy (non-hydrogen) atoms. The largest absolute Gasteiger partial charge is 0.481 e. The highest BCUT2D eigenvalue weighted by Crippen LogP contribution is 2.42. The van der Waals surface area contributed by atoms with Crippen LogP contribution < -0.4 is 5.32 Å². The van der Waals surface area contributed by atoms with E-state index in [1.165, 1.54) is 0 Å². The highest BCUT2D eigenvalue weighted by Gasteiger charge is 2.47. The normalized spacial score (nSPS) is 33.3. The molecule has 0 aromatic rings. The van der Waals surface area contributed by atoms with E-state index in [0.717, 1.165) is 13.0 Å². The lowest BCUT2D eigenvalue weighted by Gasteiger charge is -2.43. The Balaban J connectivity index is 2.81. The van der Waals surface area contributed by atoms with Gasteiger partial charge in [-0.15, -0.1) is 0 Å². The van der Waals surface area contributed by atoms with E-state index in [-0.39, 0.29) is 23.3 Å². The number of hydrogen-bond acceptors (Lipinski definition) is 2. The molecule has 1 fully saturated rings. The lowest BCUT2D eigenvalue weighted by atomic mass is 9.67. The van der Waals surface area contributed by atoms with Crippen molar-refractivity contribution in [2.45, 2.75) is 46.1 Å². The van der Waals surface area contributed by atoms with Gasteiger partial charge in [0.1, 0.15) is 0 Å². The number of aliphatic carboxylic acids is 1. The minimum absolute atomic E-state index is 0.0502. The number of carbonyl (C=O) groups is 1. The fourth-order valence-corrected chi connectivity index (χ4v) is 2.33. The summed E-state index contributed by atoms with van der Waals surface area (Å²) in [7, 11) is 0. The first-order chi connectivity index (χ1) is 6.27. The second kappa shape index (κ2) is 3.54. The van der Waals surface area contributed by atoms with Gasteiger partial charge in [-0.1, -0.05) is 20.8 Å². The Hall–Kier alpha value is -0.570. The third-order valence-corrected chi connectivity index (χ3v) is 3.78. The molecule has 1 aliphatic rings. The molecule has 1 saturated heterocycles. The molecule has 1 aliphatic heterocycles. The standard InChI is InChI=1S/C11H21NO2/c1-10(2,3)11(4)8(5-6-12-11)7-9(13)14/h8,12H,5-7H2,1-4H3,(H,13,14). The van der Waals surface area contributed by atoms with Gasteiger partial charge in [0.25, 0.3) is 0 Å². The Morgan fingerprint density at radius 1 is 1.57 bits per heavy atom. The fraction of sp³-hybridized carbons (Fsp3) is 0.909. The van der Waals surface area contributed by atoms with Gasteiger partial charge in [0.15, 0.2) is 0 Å². The monoisotopic (exact) mass is 199 g/mol. The molecule has 82 valence electrons. The molecular formula is C11H21NO2. The molecule has 1 rings (SSSR count). The van der Waals surface area contributed by atoms with Crippen LogP contribution in [0.25, 0.3) is 0 Å². The number of carboxylic acids is 1. The zero-order valence-electron chi connectivity index (χ0n) is 9.55. The first kappa shape index (κ1) is 11.5. The average molecular weight is 199 g/mol. The molecule has 1 heterocycles. The van der Waals surface area contributed by atoms with Gasteiger partial charge in [-0.3, -0.25) is 4.79 Å². The zero-order valence-corrected chi connectivity index (χ0v) is 9.55. The van der Waals surface area contributed by atoms with Gasteiger partial charge < -0.3 is 10.4 Å². The van der Waals surface area contributed by atoms with Gasteiger partial charge in [-0.2, -0.15) is 0 Å². The molecule has 3 heteroatoms. The second-order valence-corrected chi connectivity index (χ2v) is 5.46. The maximum absolute atomic E-state index is 10.7. The average Bonchev–Trinajstić information content (AvgIpc) is 2.31. The van der Waals surface area contributed by atoms with Crippen LogP contribution in [0.15, 0.2) is 0 Å². The van der Waals surface area contributed by atoms with Crippen LogP contribution in [0.4, 0.5) is 0 Å². The Labute approximate surface area is 85.9 Å². The lowest BCUT2D eigenvalue weighted by Crippen LogP contribution is -2.52. The number of hydrogen-bond donors (Lipinski definition) is 2. The smallest absolute Gasteiger partial charge is 0.303 e. The number of carboxylic acid groups (broad SMARTS) is 1. The van der Waals surface area contributed by atoms with Crippen molar-refractivity contribution in [1.82, 2.24) is 5.32 Å². The molecule has 0 amide bonds. The zero-order chi connectivity index (χ0) is 11.0. The van der Waals surface area contributed by atoms with E-state index in [1.807, 2.05) is 0 Å². The fourth-order valence-electron chi connectivity index (χ4n) is 2.33. The maximum atomic E-state index is 10.7. The van der Waals surface area contributed by atoms with Crippen molar-refractivity contribution in [2.24, 2.45) is 11.3 Å². The highest BCUT2D eigenvalue weighted by atomic mass is 16.4. The first-order valence-electron chi connectivity index (χ1n) is 5.24. The molecule has 0 aromatic heterocycles. The van der Waals surface area contributed by atoms with Gasteiger partial charge in [-0.05, 0) is 31.2 Å². The summed E-state index contributed by atoms with van der Waals surface area (Å²) in [5, 5.41) is 12.3. The van der Waals surface area contributed by atoms with Crippen LogP contribution in [-0.2, 0) is 4.79 Å². The van der Waals surface area contributed by atoms with Crippen molar-refractivity contribution in [1.29, 1.82) is 0 Å². The quantitative estimate of drug-likeness (QED) is 0.714. The van der Waals surface area contributed by atoms with E-state index in [1.54, 1.807) is 0 Å². The molecule has 0 bridgehead atoms. The highest BCUT2D eigenvalue weighted by molar-refractivity contribution is 5.67. The molecule has 0 spiro atoms. The Bertz CT molecular complexity index is 232. The predicted molar refractivity (Wildman–Crippen MR) is 56.2 cm³/mol. The Morgan fingerprint density at radius 3 is 2.57 bits per heavy atom. The van der Waals surface area contributed by atoms with Gasteiger partial charge in [-0.25, -0.2) is 0 Å². The van der Waals surface area contributed by atoms with Crippen LogP contribution in [0.2, 0.25) is 0 Å². The van der Waals surface area contributed by atoms with Crippen LogP contribution in [-0.4, -0.2) is 23.2 Å². The van der Waals surface area contributed by atoms with Crippen LogP contribution >= 0.6 is 0 Å². The van der Waals surface area contributed by atoms with Gasteiger partial charge in [0.05, 0.1) is 0 Å². The van der Waals surface area contributed by atoms with Gasteiger partial charge in [0.2, 0.25) is 0 Å². The molecule has 0 saturated carbocycles. The van der Waals surface area contributed by atoms with Crippen molar-refractivity contribution >= 4 is 5.97 Å². The first-order valence-corrected chi connectivity index (χ1v) is 5.24. The van der Waals surface area contributed by atoms with Crippen molar-refractivity contribution < 1.29 is 9.90 Å². The van der Waals surface area contributed by atoms with Crippen molar-refractivity contribution in [3.8, 4) is 0 Å². The van der Waals surface area contributed by atoms with E-state index >= 15 is 0 Å². The van der Waals surface area contributed by atoms with E-state index in [4.69, 9.17) is 5.11 Å². The van der Waals surface area contributed by atoms with Gasteiger partial charge >= 0.3 is 5.97 Å². The summed E-state index contributed by atoms with van der Waals surface area (Å²) in [6.07, 6.45) is 1.25. The van der Waals surface area contributed by atoms with E-state index < -0.39 is 5.97 Å². The van der Waals surface area contributed by atoms with Crippen LogP contribution in [0.1, 0.15) is 40.5 Å². The summed E-state index contributed by atoms with van der Waals surface area (Å²) in [6, 6.07) is 0. The molecule has 2 unspecified atom stereocenters. The summed E-state index contributed by atoms with van der Waals surface area (Å²) < 4.78 is 0. The molecule has 0 aliphatic carbocycles. The number of nitrogens with one attached hydrogen (secondary N) is 1. The summed E-state index contributed by atoms with van der Waals surface area (Å²) in [6.45, 7) is 9.58. The minimum Gasteiger partial charge on any atom is -0.481 e. The summed E-state index contributed by atoms with van der Waals surface area (Å²) in [5.41, 5.74) is 0.0506. The van der Waals surface area contributed by atoms with E-state index in [9.17, 15) is 4.79 Å². The Morgan fingerprint density at radius 2 is 2.14 bits per heavy atom. The predicted octanol–water partition coefficient (Wildman–Crippen LogP) is 1.88. The molecule has 0 radical (unpaired) electrons. The second-order valence-electron chi connectivity index (χ2n) is 5.46. The van der Waals surface area contributed by atoms with Crippen molar-refractivity contribution in [3.05, 3.63) is 0 Å². The SMILES string of the molecule is CC(C)(C)C1(C)NCCC1CC(=O)O. The summed E-state index contributed by atoms with van der Waals surface area (Å²) in [4.78, 5) is 10.7. The number of rotatable bonds is 2. The summed E-state index contributed by atoms with van der Waals surface area (Å²) >= 11 is 0. The van der Waals surface area contributed by atoms with Crippen molar-refractivity contribution in [2.75, 3.05) is 6.54 Å². The minimum atomic E-state index is -0.686. The third kappa shape index (κ3) is 1.92. The molecular weight excluding hydrogens is 178 g/mol. The molecule has 2 N–H and O–H groups in total. The van der Waals surface area contributed by atoms with E-state index in [0.29, 0.717) is 0 Å².